The minimum absolute atomic E-state index is 0.0784. The topological polar surface area (TPSA) is 79.5 Å². The predicted octanol–water partition coefficient (Wildman–Crippen LogP) is 1.51. The van der Waals surface area contributed by atoms with Crippen LogP contribution < -0.4 is 5.32 Å². The van der Waals surface area contributed by atoms with E-state index in [9.17, 15) is 9.59 Å². The third kappa shape index (κ3) is 3.34. The molecule has 1 atom stereocenters. The van der Waals surface area contributed by atoms with Crippen LogP contribution in [0.4, 0.5) is 0 Å². The average molecular weight is 237 g/mol. The molecule has 5 nitrogen and oxygen atoms in total. The van der Waals surface area contributed by atoms with E-state index in [2.05, 4.69) is 5.32 Å². The maximum atomic E-state index is 11.5. The number of carbonyl (C=O) groups is 2. The summed E-state index contributed by atoms with van der Waals surface area (Å²) in [5.41, 5.74) is 0. The second-order valence-electron chi connectivity index (χ2n) is 4.29. The maximum absolute atomic E-state index is 11.5. The van der Waals surface area contributed by atoms with Crippen molar-refractivity contribution in [2.75, 3.05) is 0 Å². The van der Waals surface area contributed by atoms with Crippen molar-refractivity contribution in [1.29, 1.82) is 0 Å². The van der Waals surface area contributed by atoms with E-state index in [-0.39, 0.29) is 18.7 Å². The summed E-state index contributed by atoms with van der Waals surface area (Å²) in [5.74, 6) is -1.38. The highest BCUT2D eigenvalue weighted by Gasteiger charge is 2.26. The van der Waals surface area contributed by atoms with Gasteiger partial charge in [0.25, 0.3) is 0 Å². The average Bonchev–Trinajstić information content (AvgIpc) is 2.92. The van der Waals surface area contributed by atoms with Gasteiger partial charge in [-0.1, -0.05) is 0 Å². The lowest BCUT2D eigenvalue weighted by atomic mass is 10.0. The predicted molar refractivity (Wildman–Crippen MR) is 59.5 cm³/mol. The molecular formula is C12H15NO4. The highest BCUT2D eigenvalue weighted by atomic mass is 16.4. The van der Waals surface area contributed by atoms with E-state index in [1.807, 2.05) is 0 Å². The third-order valence-corrected chi connectivity index (χ3v) is 2.79. The molecule has 2 N–H and O–H groups in total. The lowest BCUT2D eigenvalue weighted by molar-refractivity contribution is -0.139. The summed E-state index contributed by atoms with van der Waals surface area (Å²) in [5, 5.41) is 11.9. The molecule has 1 aliphatic rings. The summed E-state index contributed by atoms with van der Waals surface area (Å²) in [6.07, 6.45) is 3.99. The zero-order valence-electron chi connectivity index (χ0n) is 9.39. The maximum Gasteiger partial charge on any atom is 0.314 e. The fourth-order valence-electron chi connectivity index (χ4n) is 1.68. The van der Waals surface area contributed by atoms with Crippen LogP contribution in [-0.4, -0.2) is 23.0 Å². The Morgan fingerprint density at radius 1 is 1.53 bits per heavy atom. The van der Waals surface area contributed by atoms with E-state index in [0.717, 1.165) is 12.8 Å². The van der Waals surface area contributed by atoms with Crippen LogP contribution in [0.25, 0.3) is 0 Å². The van der Waals surface area contributed by atoms with Crippen molar-refractivity contribution in [2.45, 2.75) is 37.6 Å². The molecule has 1 amide bonds. The van der Waals surface area contributed by atoms with Crippen LogP contribution in [-0.2, 0) is 9.59 Å². The molecule has 1 aliphatic carbocycles. The van der Waals surface area contributed by atoms with Gasteiger partial charge in [0, 0.05) is 12.5 Å². The first-order valence-electron chi connectivity index (χ1n) is 5.72. The molecule has 1 aromatic rings. The molecule has 92 valence electrons. The third-order valence-electron chi connectivity index (χ3n) is 2.79. The number of furan rings is 1. The Morgan fingerprint density at radius 2 is 2.29 bits per heavy atom. The van der Waals surface area contributed by atoms with Crippen LogP contribution in [0.1, 0.15) is 37.4 Å². The van der Waals surface area contributed by atoms with Crippen LogP contribution in [0.2, 0.25) is 0 Å². The van der Waals surface area contributed by atoms with Crippen LogP contribution in [0.15, 0.2) is 22.8 Å². The molecule has 1 fully saturated rings. The van der Waals surface area contributed by atoms with Crippen LogP contribution in [0.5, 0.6) is 0 Å². The Bertz CT molecular complexity index is 395. The van der Waals surface area contributed by atoms with Crippen LogP contribution in [0.3, 0.4) is 0 Å². The minimum Gasteiger partial charge on any atom is -0.481 e. The minimum atomic E-state index is -0.959. The second kappa shape index (κ2) is 5.03. The van der Waals surface area contributed by atoms with Gasteiger partial charge in [-0.05, 0) is 31.4 Å². The molecule has 5 heteroatoms. The van der Waals surface area contributed by atoms with Crippen molar-refractivity contribution < 1.29 is 19.1 Å². The largest absolute Gasteiger partial charge is 0.481 e. The Morgan fingerprint density at radius 3 is 2.82 bits per heavy atom. The summed E-state index contributed by atoms with van der Waals surface area (Å²) in [4.78, 5) is 22.5. The summed E-state index contributed by atoms with van der Waals surface area (Å²) < 4.78 is 5.07. The number of carboxylic acids is 1. The van der Waals surface area contributed by atoms with E-state index in [1.165, 1.54) is 6.26 Å². The molecule has 1 unspecified atom stereocenters. The molecule has 0 radical (unpaired) electrons. The van der Waals surface area contributed by atoms with Gasteiger partial charge in [-0.3, -0.25) is 9.59 Å². The van der Waals surface area contributed by atoms with Gasteiger partial charge in [-0.2, -0.15) is 0 Å². The molecule has 0 saturated heterocycles. The van der Waals surface area contributed by atoms with Gasteiger partial charge in [-0.25, -0.2) is 0 Å². The highest BCUT2D eigenvalue weighted by molar-refractivity contribution is 5.79. The molecule has 2 rings (SSSR count). The molecule has 0 aromatic carbocycles. The van der Waals surface area contributed by atoms with Gasteiger partial charge < -0.3 is 14.8 Å². The zero-order chi connectivity index (χ0) is 12.3. The molecule has 17 heavy (non-hydrogen) atoms. The molecule has 1 heterocycles. The first-order chi connectivity index (χ1) is 8.16. The van der Waals surface area contributed by atoms with Gasteiger partial charge in [0.1, 0.15) is 11.7 Å². The van der Waals surface area contributed by atoms with E-state index >= 15 is 0 Å². The summed E-state index contributed by atoms with van der Waals surface area (Å²) in [6, 6.07) is 3.59. The molecule has 1 aromatic heterocycles. The SMILES string of the molecule is O=C(CCC(C(=O)O)c1ccco1)NC1CC1. The molecule has 0 aliphatic heterocycles. The normalized spacial score (nSPS) is 16.5. The fourth-order valence-corrected chi connectivity index (χ4v) is 1.68. The first kappa shape index (κ1) is 11.7. The monoisotopic (exact) mass is 237 g/mol. The quantitative estimate of drug-likeness (QED) is 0.785. The molecule has 1 saturated carbocycles. The standard InChI is InChI=1S/C12H15NO4/c14-11(13-8-3-4-8)6-5-9(12(15)16)10-2-1-7-17-10/h1-2,7-9H,3-6H2,(H,13,14)(H,15,16). The number of aliphatic carboxylic acids is 1. The number of hydrogen-bond donors (Lipinski definition) is 2. The number of rotatable bonds is 6. The van der Waals surface area contributed by atoms with Crippen LogP contribution in [0, 0.1) is 0 Å². The van der Waals surface area contributed by atoms with E-state index in [4.69, 9.17) is 9.52 Å². The zero-order valence-corrected chi connectivity index (χ0v) is 9.39. The number of amides is 1. The van der Waals surface area contributed by atoms with Crippen molar-refractivity contribution in [2.24, 2.45) is 0 Å². The smallest absolute Gasteiger partial charge is 0.314 e. The molecular weight excluding hydrogens is 222 g/mol. The van der Waals surface area contributed by atoms with Gasteiger partial charge >= 0.3 is 5.97 Å². The van der Waals surface area contributed by atoms with Gasteiger partial charge in [0.2, 0.25) is 5.91 Å². The second-order valence-corrected chi connectivity index (χ2v) is 4.29. The summed E-state index contributed by atoms with van der Waals surface area (Å²) in [6.45, 7) is 0. The van der Waals surface area contributed by atoms with Crippen molar-refractivity contribution in [3.05, 3.63) is 24.2 Å². The number of hydrogen-bond acceptors (Lipinski definition) is 3. The first-order valence-corrected chi connectivity index (χ1v) is 5.72. The van der Waals surface area contributed by atoms with Gasteiger partial charge in [0.05, 0.1) is 6.26 Å². The van der Waals surface area contributed by atoms with Gasteiger partial charge in [0.15, 0.2) is 0 Å². The highest BCUT2D eigenvalue weighted by Crippen LogP contribution is 2.23. The van der Waals surface area contributed by atoms with Gasteiger partial charge in [-0.15, -0.1) is 0 Å². The Labute approximate surface area is 98.8 Å². The fraction of sp³-hybridized carbons (Fsp3) is 0.500. The molecule has 0 bridgehead atoms. The summed E-state index contributed by atoms with van der Waals surface area (Å²) >= 11 is 0. The van der Waals surface area contributed by atoms with Crippen molar-refractivity contribution in [1.82, 2.24) is 5.32 Å². The van der Waals surface area contributed by atoms with Crippen molar-refractivity contribution in [3.63, 3.8) is 0 Å². The Kier molecular flexibility index (Phi) is 3.46. The lowest BCUT2D eigenvalue weighted by Gasteiger charge is -2.09. The lowest BCUT2D eigenvalue weighted by Crippen LogP contribution is -2.26. The van der Waals surface area contributed by atoms with Crippen LogP contribution >= 0.6 is 0 Å². The summed E-state index contributed by atoms with van der Waals surface area (Å²) in [7, 11) is 0. The van der Waals surface area contributed by atoms with E-state index in [0.29, 0.717) is 11.8 Å². The number of carboxylic acid groups (broad SMARTS) is 1. The van der Waals surface area contributed by atoms with Crippen molar-refractivity contribution >= 4 is 11.9 Å². The Balaban J connectivity index is 1.85. The molecule has 0 spiro atoms. The number of nitrogens with one attached hydrogen (secondary N) is 1. The van der Waals surface area contributed by atoms with E-state index < -0.39 is 11.9 Å². The Hall–Kier alpha value is -1.78. The van der Waals surface area contributed by atoms with E-state index in [1.54, 1.807) is 12.1 Å². The van der Waals surface area contributed by atoms with Crippen molar-refractivity contribution in [3.8, 4) is 0 Å². The number of carbonyl (C=O) groups excluding carboxylic acids is 1.